The number of primary amides is 1. The molecule has 2 rings (SSSR count). The lowest BCUT2D eigenvalue weighted by Gasteiger charge is -2.23. The van der Waals surface area contributed by atoms with Crippen molar-refractivity contribution >= 4 is 34.8 Å². The molecule has 0 aromatic heterocycles. The Morgan fingerprint density at radius 3 is 2.84 bits per heavy atom. The SMILES string of the molecule is CCN(CC(N)=O)c1cc2c(cc1Cl)C(O)C(=O)N2. The molecule has 0 aliphatic carbocycles. The molecule has 0 spiro atoms. The predicted molar refractivity (Wildman–Crippen MR) is 72.1 cm³/mol. The summed E-state index contributed by atoms with van der Waals surface area (Å²) < 4.78 is 0. The smallest absolute Gasteiger partial charge is 0.257 e. The van der Waals surface area contributed by atoms with E-state index in [-0.39, 0.29) is 6.54 Å². The van der Waals surface area contributed by atoms with Crippen molar-refractivity contribution in [1.82, 2.24) is 0 Å². The van der Waals surface area contributed by atoms with E-state index in [0.29, 0.717) is 28.5 Å². The standard InChI is InChI=1S/C12H14ClN3O3/c1-2-16(5-10(14)17)9-4-8-6(3-7(9)13)11(18)12(19)15-8/h3-4,11,18H,2,5H2,1H3,(H2,14,17)(H,15,19). The molecule has 19 heavy (non-hydrogen) atoms. The minimum atomic E-state index is -1.20. The van der Waals surface area contributed by atoms with Gasteiger partial charge in [0.1, 0.15) is 0 Å². The summed E-state index contributed by atoms with van der Waals surface area (Å²) in [4.78, 5) is 24.1. The Balaban J connectivity index is 2.41. The van der Waals surface area contributed by atoms with E-state index in [9.17, 15) is 14.7 Å². The van der Waals surface area contributed by atoms with E-state index in [2.05, 4.69) is 5.32 Å². The third-order valence-electron chi connectivity index (χ3n) is 2.99. The third kappa shape index (κ3) is 2.50. The first-order valence-corrected chi connectivity index (χ1v) is 6.17. The molecule has 2 amide bonds. The van der Waals surface area contributed by atoms with Crippen LogP contribution in [0, 0.1) is 0 Å². The van der Waals surface area contributed by atoms with Crippen molar-refractivity contribution in [2.45, 2.75) is 13.0 Å². The number of rotatable bonds is 4. The maximum absolute atomic E-state index is 11.4. The first kappa shape index (κ1) is 13.6. The number of nitrogens with two attached hydrogens (primary N) is 1. The van der Waals surface area contributed by atoms with Crippen LogP contribution in [-0.2, 0) is 9.59 Å². The van der Waals surface area contributed by atoms with Crippen LogP contribution in [-0.4, -0.2) is 30.0 Å². The topological polar surface area (TPSA) is 95.7 Å². The number of fused-ring (bicyclic) bond motifs is 1. The largest absolute Gasteiger partial charge is 0.378 e. The Morgan fingerprint density at radius 1 is 1.58 bits per heavy atom. The molecule has 1 aliphatic heterocycles. The van der Waals surface area contributed by atoms with Crippen LogP contribution in [0.2, 0.25) is 5.02 Å². The molecular weight excluding hydrogens is 270 g/mol. The first-order valence-electron chi connectivity index (χ1n) is 5.79. The average Bonchev–Trinajstić information content (AvgIpc) is 2.62. The number of carbonyl (C=O) groups is 2. The van der Waals surface area contributed by atoms with Crippen molar-refractivity contribution in [1.29, 1.82) is 0 Å². The molecule has 102 valence electrons. The Labute approximate surface area is 115 Å². The number of hydrogen-bond donors (Lipinski definition) is 3. The zero-order chi connectivity index (χ0) is 14.2. The molecule has 6 nitrogen and oxygen atoms in total. The molecule has 0 saturated heterocycles. The molecule has 0 saturated carbocycles. The van der Waals surface area contributed by atoms with Crippen LogP contribution in [0.25, 0.3) is 0 Å². The molecule has 0 radical (unpaired) electrons. The van der Waals surface area contributed by atoms with Crippen LogP contribution >= 0.6 is 11.6 Å². The average molecular weight is 284 g/mol. The van der Waals surface area contributed by atoms with Crippen LogP contribution in [0.5, 0.6) is 0 Å². The van der Waals surface area contributed by atoms with E-state index in [1.165, 1.54) is 6.07 Å². The van der Waals surface area contributed by atoms with Crippen molar-refractivity contribution in [3.05, 3.63) is 22.7 Å². The minimum Gasteiger partial charge on any atom is -0.378 e. The highest BCUT2D eigenvalue weighted by molar-refractivity contribution is 6.33. The van der Waals surface area contributed by atoms with Gasteiger partial charge in [-0.15, -0.1) is 0 Å². The number of amides is 2. The highest BCUT2D eigenvalue weighted by atomic mass is 35.5. The number of anilines is 2. The zero-order valence-electron chi connectivity index (χ0n) is 10.3. The van der Waals surface area contributed by atoms with Gasteiger partial charge in [-0.3, -0.25) is 9.59 Å². The second kappa shape index (κ2) is 5.07. The number of hydrogen-bond acceptors (Lipinski definition) is 4. The number of carbonyl (C=O) groups excluding carboxylic acids is 2. The lowest BCUT2D eigenvalue weighted by molar-refractivity contribution is -0.123. The summed E-state index contributed by atoms with van der Waals surface area (Å²) in [5, 5.41) is 12.6. The normalized spacial score (nSPS) is 17.0. The minimum absolute atomic E-state index is 0.0332. The summed E-state index contributed by atoms with van der Waals surface area (Å²) in [6.45, 7) is 2.43. The number of nitrogens with one attached hydrogen (secondary N) is 1. The zero-order valence-corrected chi connectivity index (χ0v) is 11.1. The molecule has 7 heteroatoms. The molecule has 1 unspecified atom stereocenters. The lowest BCUT2D eigenvalue weighted by Crippen LogP contribution is -2.33. The van der Waals surface area contributed by atoms with E-state index in [0.717, 1.165) is 0 Å². The van der Waals surface area contributed by atoms with Crippen LogP contribution in [0.1, 0.15) is 18.6 Å². The Kier molecular flexibility index (Phi) is 3.64. The second-order valence-corrected chi connectivity index (χ2v) is 4.67. The fourth-order valence-corrected chi connectivity index (χ4v) is 2.34. The number of benzene rings is 1. The van der Waals surface area contributed by atoms with Crippen LogP contribution in [0.4, 0.5) is 11.4 Å². The third-order valence-corrected chi connectivity index (χ3v) is 3.29. The summed E-state index contributed by atoms with van der Waals surface area (Å²) in [7, 11) is 0. The van der Waals surface area contributed by atoms with Gasteiger partial charge in [0, 0.05) is 17.8 Å². The Bertz CT molecular complexity index is 547. The van der Waals surface area contributed by atoms with Gasteiger partial charge in [0.15, 0.2) is 6.10 Å². The number of aliphatic hydroxyl groups excluding tert-OH is 1. The summed E-state index contributed by atoms with van der Waals surface area (Å²) >= 11 is 6.13. The van der Waals surface area contributed by atoms with Crippen LogP contribution in [0.15, 0.2) is 12.1 Å². The van der Waals surface area contributed by atoms with E-state index in [4.69, 9.17) is 17.3 Å². The van der Waals surface area contributed by atoms with E-state index in [1.807, 2.05) is 6.92 Å². The van der Waals surface area contributed by atoms with Gasteiger partial charge in [0.2, 0.25) is 5.91 Å². The summed E-state index contributed by atoms with van der Waals surface area (Å²) in [6, 6.07) is 3.16. The molecule has 1 aliphatic rings. The van der Waals surface area contributed by atoms with Crippen molar-refractivity contribution in [2.75, 3.05) is 23.3 Å². The number of halogens is 1. The second-order valence-electron chi connectivity index (χ2n) is 4.26. The fourth-order valence-electron chi connectivity index (χ4n) is 2.05. The monoisotopic (exact) mass is 283 g/mol. The van der Waals surface area contributed by atoms with Gasteiger partial charge >= 0.3 is 0 Å². The predicted octanol–water partition coefficient (Wildman–Crippen LogP) is 0.637. The summed E-state index contributed by atoms with van der Waals surface area (Å²) in [6.07, 6.45) is -1.20. The Hall–Kier alpha value is -1.79. The van der Waals surface area contributed by atoms with Gasteiger partial charge in [-0.1, -0.05) is 11.6 Å². The van der Waals surface area contributed by atoms with Gasteiger partial charge in [-0.2, -0.15) is 0 Å². The molecular formula is C12H14ClN3O3. The van der Waals surface area contributed by atoms with Gasteiger partial charge in [0.05, 0.1) is 17.3 Å². The maximum Gasteiger partial charge on any atom is 0.257 e. The van der Waals surface area contributed by atoms with Crippen molar-refractivity contribution in [3.63, 3.8) is 0 Å². The van der Waals surface area contributed by atoms with E-state index < -0.39 is 17.9 Å². The first-order chi connectivity index (χ1) is 8.93. The number of likely N-dealkylation sites (N-methyl/N-ethyl adjacent to an activating group) is 1. The summed E-state index contributed by atoms with van der Waals surface area (Å²) in [5.41, 5.74) is 6.71. The fraction of sp³-hybridized carbons (Fsp3) is 0.333. The molecule has 1 aromatic rings. The highest BCUT2D eigenvalue weighted by Crippen LogP contribution is 2.38. The van der Waals surface area contributed by atoms with Gasteiger partial charge in [-0.25, -0.2) is 0 Å². The highest BCUT2D eigenvalue weighted by Gasteiger charge is 2.30. The van der Waals surface area contributed by atoms with Crippen LogP contribution in [0.3, 0.4) is 0 Å². The van der Waals surface area contributed by atoms with Crippen molar-refractivity contribution < 1.29 is 14.7 Å². The van der Waals surface area contributed by atoms with Gasteiger partial charge < -0.3 is 21.1 Å². The number of nitrogens with zero attached hydrogens (tertiary/aromatic N) is 1. The molecule has 1 aromatic carbocycles. The molecule has 0 bridgehead atoms. The molecule has 4 N–H and O–H groups in total. The maximum atomic E-state index is 11.4. The molecule has 1 heterocycles. The van der Waals surface area contributed by atoms with E-state index in [1.54, 1.807) is 11.0 Å². The van der Waals surface area contributed by atoms with Gasteiger partial charge in [-0.05, 0) is 19.1 Å². The number of aliphatic hydroxyl groups is 1. The molecule has 1 atom stereocenters. The van der Waals surface area contributed by atoms with Crippen LogP contribution < -0.4 is 16.0 Å². The van der Waals surface area contributed by atoms with Crippen molar-refractivity contribution in [3.8, 4) is 0 Å². The summed E-state index contributed by atoms with van der Waals surface area (Å²) in [5.74, 6) is -0.955. The lowest BCUT2D eigenvalue weighted by atomic mass is 10.1. The van der Waals surface area contributed by atoms with E-state index >= 15 is 0 Å². The molecule has 0 fully saturated rings. The quantitative estimate of drug-likeness (QED) is 0.755. The Morgan fingerprint density at radius 2 is 2.26 bits per heavy atom. The van der Waals surface area contributed by atoms with Gasteiger partial charge in [0.25, 0.3) is 5.91 Å². The van der Waals surface area contributed by atoms with Crippen molar-refractivity contribution in [2.24, 2.45) is 5.73 Å².